The number of sulfonamides is 6. The third-order valence-corrected chi connectivity index (χ3v) is 30.1. The molecule has 0 aromatic heterocycles. The Morgan fingerprint density at radius 3 is 0.811 bits per heavy atom. The molecule has 6 heterocycles. The fraction of sp³-hybridized carbons (Fsp3) is 0.377. The Labute approximate surface area is 552 Å². The van der Waals surface area contributed by atoms with Crippen LogP contribution in [0, 0.1) is 31.7 Å². The maximum absolute atomic E-state index is 13.3. The summed E-state index contributed by atoms with van der Waals surface area (Å²) in [4.78, 5) is 6.85. The van der Waals surface area contributed by atoms with Crippen molar-refractivity contribution in [1.82, 2.24) is 25.8 Å². The minimum absolute atomic E-state index is 0.0117. The first kappa shape index (κ1) is 71.2. The number of hydrogen-bond donors (Lipinski definition) is 0. The number of sulfone groups is 1. The second-order valence-corrected chi connectivity index (χ2v) is 36.4. The van der Waals surface area contributed by atoms with E-state index in [0.717, 1.165) is 36.1 Å². The van der Waals surface area contributed by atoms with Crippen molar-refractivity contribution < 1.29 is 81.9 Å². The molecule has 6 aliphatic rings. The zero-order valence-corrected chi connectivity index (χ0v) is 56.9. The van der Waals surface area contributed by atoms with Crippen LogP contribution in [0.25, 0.3) is 9.69 Å². The number of benzene rings is 6. The molecular formula is C61H66F2N8O17S7. The van der Waals surface area contributed by atoms with E-state index in [1.165, 1.54) is 123 Å². The van der Waals surface area contributed by atoms with Gasteiger partial charge in [0.2, 0.25) is 60.1 Å². The van der Waals surface area contributed by atoms with Crippen LogP contribution < -0.4 is 0 Å². The van der Waals surface area contributed by atoms with Crippen LogP contribution in [0.1, 0.15) is 44.1 Å². The molecular weight excluding hydrogens is 1380 g/mol. The maximum atomic E-state index is 13.3. The quantitative estimate of drug-likeness (QED) is 0.108. The number of nitrogens with zero attached hydrogens (tertiary/aromatic N) is 8. The maximum Gasteiger partial charge on any atom is 0.245 e. The Balaban J connectivity index is 0.000000155. The molecule has 25 nitrogen and oxygen atoms in total. The molecule has 34 heteroatoms. The topological polar surface area (TPSA) is 295 Å². The van der Waals surface area contributed by atoms with Gasteiger partial charge in [0.1, 0.15) is 28.8 Å². The summed E-state index contributed by atoms with van der Waals surface area (Å²) < 4.78 is 232. The van der Waals surface area contributed by atoms with E-state index in [0.29, 0.717) is 11.4 Å². The fourth-order valence-corrected chi connectivity index (χ4v) is 22.3. The Morgan fingerprint density at radius 1 is 0.337 bits per heavy atom. The lowest BCUT2D eigenvalue weighted by Crippen LogP contribution is -2.55. The Bertz CT molecular complexity index is 4740. The zero-order chi connectivity index (χ0) is 68.6. The number of aryl methyl sites for hydroxylation is 1. The summed E-state index contributed by atoms with van der Waals surface area (Å²) in [6.07, 6.45) is 2.13. The van der Waals surface area contributed by atoms with E-state index in [9.17, 15) is 67.7 Å². The van der Waals surface area contributed by atoms with Crippen molar-refractivity contribution in [2.24, 2.45) is 0 Å². The molecule has 0 saturated carbocycles. The summed E-state index contributed by atoms with van der Waals surface area (Å²) in [6, 6.07) is 32.2. The van der Waals surface area contributed by atoms with Gasteiger partial charge in [0.25, 0.3) is 0 Å². The minimum atomic E-state index is -3.94. The number of halogens is 2. The lowest BCUT2D eigenvalue weighted by molar-refractivity contribution is -0.0810. The van der Waals surface area contributed by atoms with Crippen molar-refractivity contribution in [3.63, 3.8) is 0 Å². The van der Waals surface area contributed by atoms with E-state index in [2.05, 4.69) is 9.69 Å². The summed E-state index contributed by atoms with van der Waals surface area (Å²) in [5, 5.41) is 0. The van der Waals surface area contributed by atoms with Crippen LogP contribution in [0.15, 0.2) is 180 Å². The molecule has 6 saturated heterocycles. The number of piperidine rings is 3. The molecule has 508 valence electrons. The molecule has 0 unspecified atom stereocenters. The first-order chi connectivity index (χ1) is 44.7. The smallest absolute Gasteiger partial charge is 0.245 e. The van der Waals surface area contributed by atoms with Crippen molar-refractivity contribution >= 4 is 81.4 Å². The van der Waals surface area contributed by atoms with E-state index in [4.69, 9.17) is 27.4 Å². The lowest BCUT2D eigenvalue weighted by Gasteiger charge is -2.42. The molecule has 0 radical (unpaired) electrons. The number of ether oxygens (including phenoxy) is 3. The van der Waals surface area contributed by atoms with Gasteiger partial charge in [-0.05, 0) is 91.9 Å². The molecule has 12 rings (SSSR count). The predicted octanol–water partition coefficient (Wildman–Crippen LogP) is 6.76. The molecule has 0 atom stereocenters. The summed E-state index contributed by atoms with van der Waals surface area (Å²) in [5.41, 5.74) is -1.69. The average Bonchev–Trinajstić information content (AvgIpc) is 1.71. The van der Waals surface area contributed by atoms with Gasteiger partial charge in [-0.2, -0.15) is 25.8 Å². The predicted molar refractivity (Wildman–Crippen MR) is 341 cm³/mol. The standard InChI is InChI=1S/C21H20N4O5S2.C21H26N2O7S3.C19H20F2N2O5S2/c1-22-17-3-7-19(8-4-17)31(26,27)24-13-11-21(12-14-24)25(15-16-30-21)32(28,29)20-9-5-18(23-2)6-10-20;1-17-3-5-20(6-4-17)33(28,29)23-15-16-30-21(23)11-13-22(14-12-21)32(26,27)19-9-7-18(8-10-19)31(2,24)25;20-15-1-5-17(6-2-15)29(24,25)22-11-9-19(10-12-22)23(13-14-28-19)30(26,27)18-7-3-16(21)4-8-18/h3-10H,11-16H2;3-10H,11-16H2,1-2H3;1-8H,9-14H2. The van der Waals surface area contributed by atoms with E-state index in [1.54, 1.807) is 24.3 Å². The molecule has 6 fully saturated rings. The average molecular weight is 1450 g/mol. The van der Waals surface area contributed by atoms with Crippen molar-refractivity contribution in [1.29, 1.82) is 0 Å². The summed E-state index contributed by atoms with van der Waals surface area (Å²) in [7, 11) is -26.5. The van der Waals surface area contributed by atoms with Crippen LogP contribution in [0.3, 0.4) is 0 Å². The van der Waals surface area contributed by atoms with Gasteiger partial charge in [0, 0.05) is 104 Å². The molecule has 3 spiro atoms. The monoisotopic (exact) mass is 1440 g/mol. The van der Waals surface area contributed by atoms with Crippen LogP contribution >= 0.6 is 0 Å². The highest BCUT2D eigenvalue weighted by Gasteiger charge is 2.55. The first-order valence-electron chi connectivity index (χ1n) is 29.6. The molecule has 6 aliphatic heterocycles. The van der Waals surface area contributed by atoms with E-state index < -0.39 is 98.8 Å². The Hall–Kier alpha value is -6.55. The normalized spacial score (nSPS) is 20.1. The fourth-order valence-electron chi connectivity index (χ4n) is 12.2. The van der Waals surface area contributed by atoms with Crippen molar-refractivity contribution in [3.8, 4) is 0 Å². The second kappa shape index (κ2) is 27.4. The Morgan fingerprint density at radius 2 is 0.558 bits per heavy atom. The number of hydrogen-bond acceptors (Lipinski definition) is 17. The second-order valence-electron chi connectivity index (χ2n) is 23.0. The highest BCUT2D eigenvalue weighted by molar-refractivity contribution is 7.91. The van der Waals surface area contributed by atoms with Crippen LogP contribution in [0.2, 0.25) is 0 Å². The van der Waals surface area contributed by atoms with E-state index >= 15 is 0 Å². The highest BCUT2D eigenvalue weighted by Crippen LogP contribution is 2.43. The SMILES string of the molecule is Cc1ccc(S(=O)(=O)N2CCOC23CCN(S(=O)(=O)c2ccc(S(C)(=O)=O)cc2)CC3)cc1.O=S(=O)(c1ccc(F)cc1)N1CCC2(CC1)OCCN2S(=O)(=O)c1ccc(F)cc1.[C-]#[N+]c1ccc(S(=O)(=O)N2CCC3(CC2)OCCN3S(=O)(=O)c2ccc([N+]#[C-])cc2)cc1. The number of rotatable bonds is 13. The zero-order valence-electron chi connectivity index (χ0n) is 51.2. The van der Waals surface area contributed by atoms with Crippen LogP contribution in [-0.2, 0) is 84.2 Å². The molecule has 6 aromatic rings. The van der Waals surface area contributed by atoms with Crippen molar-refractivity contribution in [2.45, 2.75) is 96.9 Å². The summed E-state index contributed by atoms with van der Waals surface area (Å²) in [6.45, 7) is 17.5. The van der Waals surface area contributed by atoms with Crippen LogP contribution in [0.4, 0.5) is 20.2 Å². The molecule has 0 amide bonds. The largest absolute Gasteiger partial charge is 0.358 e. The molecule has 0 N–H and O–H groups in total. The highest BCUT2D eigenvalue weighted by atomic mass is 32.2. The van der Waals surface area contributed by atoms with E-state index in [-0.39, 0.29) is 152 Å². The van der Waals surface area contributed by atoms with Gasteiger partial charge in [-0.1, -0.05) is 66.2 Å². The molecule has 0 aliphatic carbocycles. The van der Waals surface area contributed by atoms with Gasteiger partial charge in [0.15, 0.2) is 21.2 Å². The molecule has 0 bridgehead atoms. The van der Waals surface area contributed by atoms with Crippen molar-refractivity contribution in [2.75, 3.05) is 85.0 Å². The van der Waals surface area contributed by atoms with Gasteiger partial charge in [-0.3, -0.25) is 0 Å². The van der Waals surface area contributed by atoms with Gasteiger partial charge in [0.05, 0.1) is 67.2 Å². The van der Waals surface area contributed by atoms with Crippen molar-refractivity contribution in [3.05, 3.63) is 186 Å². The Kier molecular flexibility index (Phi) is 20.5. The third-order valence-electron chi connectivity index (χ3n) is 17.4. The summed E-state index contributed by atoms with van der Waals surface area (Å²) >= 11 is 0. The van der Waals surface area contributed by atoms with Gasteiger partial charge in [-0.15, -0.1) is 0 Å². The van der Waals surface area contributed by atoms with E-state index in [1.807, 2.05) is 6.92 Å². The van der Waals surface area contributed by atoms with Crippen LogP contribution in [-0.4, -0.2) is 187 Å². The minimum Gasteiger partial charge on any atom is -0.358 e. The summed E-state index contributed by atoms with van der Waals surface area (Å²) in [5.74, 6) is -1.08. The van der Waals surface area contributed by atoms with Gasteiger partial charge >= 0.3 is 0 Å². The lowest BCUT2D eigenvalue weighted by atomic mass is 10.0. The van der Waals surface area contributed by atoms with Gasteiger partial charge < -0.3 is 14.2 Å². The third kappa shape index (κ3) is 14.4. The van der Waals surface area contributed by atoms with Gasteiger partial charge in [-0.25, -0.2) is 77.4 Å². The van der Waals surface area contributed by atoms with Crippen LogP contribution in [0.5, 0.6) is 0 Å². The molecule has 6 aromatic carbocycles. The first-order valence-corrected chi connectivity index (χ1v) is 40.1. The molecule has 95 heavy (non-hydrogen) atoms.